The van der Waals surface area contributed by atoms with E-state index in [1.54, 1.807) is 0 Å². The molecule has 0 saturated heterocycles. The van der Waals surface area contributed by atoms with Gasteiger partial charge in [-0.25, -0.2) is 0 Å². The quantitative estimate of drug-likeness (QED) is 0.728. The van der Waals surface area contributed by atoms with Crippen LogP contribution in [0, 0.1) is 5.92 Å². The molecule has 3 heteroatoms. The van der Waals surface area contributed by atoms with Crippen LogP contribution < -0.4 is 5.32 Å². The summed E-state index contributed by atoms with van der Waals surface area (Å²) in [5.41, 5.74) is 0. The summed E-state index contributed by atoms with van der Waals surface area (Å²) in [7, 11) is 1.82. The third-order valence-electron chi connectivity index (χ3n) is 3.37. The average Bonchev–Trinajstić information content (AvgIpc) is 2.28. The first-order valence-electron chi connectivity index (χ1n) is 6.50. The molecule has 0 aromatic heterocycles. The lowest BCUT2D eigenvalue weighted by molar-refractivity contribution is 0.0569. The van der Waals surface area contributed by atoms with Gasteiger partial charge in [0.15, 0.2) is 0 Å². The van der Waals surface area contributed by atoms with Gasteiger partial charge in [-0.1, -0.05) is 13.8 Å². The number of alkyl halides is 1. The van der Waals surface area contributed by atoms with E-state index in [0.717, 1.165) is 12.8 Å². The molecule has 0 amide bonds. The lowest BCUT2D eigenvalue weighted by Gasteiger charge is -2.32. The third kappa shape index (κ3) is 5.03. The summed E-state index contributed by atoms with van der Waals surface area (Å²) >= 11 is 6.01. The van der Waals surface area contributed by atoms with E-state index in [-0.39, 0.29) is 0 Å². The first-order valence-corrected chi connectivity index (χ1v) is 7.04. The predicted molar refractivity (Wildman–Crippen MR) is 70.2 cm³/mol. The maximum atomic E-state index is 6.01. The highest BCUT2D eigenvalue weighted by Gasteiger charge is 2.23. The molecule has 0 bridgehead atoms. The van der Waals surface area contributed by atoms with Crippen molar-refractivity contribution in [3.8, 4) is 0 Å². The van der Waals surface area contributed by atoms with Crippen LogP contribution in [-0.2, 0) is 4.74 Å². The van der Waals surface area contributed by atoms with Crippen LogP contribution in [0.5, 0.6) is 0 Å². The molecular weight excluding hydrogens is 222 g/mol. The molecule has 0 heterocycles. The number of hydrogen-bond donors (Lipinski definition) is 1. The highest BCUT2D eigenvalue weighted by molar-refractivity contribution is 6.18. The van der Waals surface area contributed by atoms with Gasteiger partial charge in [-0.3, -0.25) is 0 Å². The SMILES string of the molecule is COC1CCCC(NC(CCl)CC(C)C)C1. The molecule has 1 N–H and O–H groups in total. The van der Waals surface area contributed by atoms with Crippen molar-refractivity contribution in [1.82, 2.24) is 5.32 Å². The fourth-order valence-corrected chi connectivity index (χ4v) is 2.80. The first-order chi connectivity index (χ1) is 7.65. The number of nitrogens with one attached hydrogen (secondary N) is 1. The summed E-state index contributed by atoms with van der Waals surface area (Å²) in [5, 5.41) is 3.69. The van der Waals surface area contributed by atoms with E-state index in [0.29, 0.717) is 30.0 Å². The molecule has 0 spiro atoms. The number of rotatable bonds is 6. The Balaban J connectivity index is 2.33. The molecule has 0 aliphatic heterocycles. The molecule has 0 aromatic rings. The molecule has 3 atom stereocenters. The van der Waals surface area contributed by atoms with Gasteiger partial charge < -0.3 is 10.1 Å². The van der Waals surface area contributed by atoms with Gasteiger partial charge in [0.05, 0.1) is 6.10 Å². The number of halogens is 1. The zero-order chi connectivity index (χ0) is 12.0. The van der Waals surface area contributed by atoms with Gasteiger partial charge in [-0.05, 0) is 38.0 Å². The summed E-state index contributed by atoms with van der Waals surface area (Å²) in [5.74, 6) is 1.42. The normalized spacial score (nSPS) is 28.3. The van der Waals surface area contributed by atoms with Crippen LogP contribution in [0.1, 0.15) is 46.0 Å². The topological polar surface area (TPSA) is 21.3 Å². The van der Waals surface area contributed by atoms with Crippen molar-refractivity contribution in [3.63, 3.8) is 0 Å². The minimum absolute atomic E-state index is 0.446. The Labute approximate surface area is 105 Å². The Bertz CT molecular complexity index is 187. The van der Waals surface area contributed by atoms with Crippen molar-refractivity contribution in [3.05, 3.63) is 0 Å². The molecule has 96 valence electrons. The fraction of sp³-hybridized carbons (Fsp3) is 1.00. The van der Waals surface area contributed by atoms with Gasteiger partial charge in [0.1, 0.15) is 0 Å². The first kappa shape index (κ1) is 14.3. The second-order valence-corrected chi connectivity index (χ2v) is 5.68. The lowest BCUT2D eigenvalue weighted by Crippen LogP contribution is -2.44. The molecule has 0 radical (unpaired) electrons. The van der Waals surface area contributed by atoms with E-state index in [4.69, 9.17) is 16.3 Å². The van der Waals surface area contributed by atoms with Crippen molar-refractivity contribution in [2.45, 2.75) is 64.1 Å². The number of methoxy groups -OCH3 is 1. The van der Waals surface area contributed by atoms with E-state index in [1.807, 2.05) is 7.11 Å². The summed E-state index contributed by atoms with van der Waals surface area (Å²) in [6, 6.07) is 1.06. The summed E-state index contributed by atoms with van der Waals surface area (Å²) in [6.07, 6.45) is 6.50. The summed E-state index contributed by atoms with van der Waals surface area (Å²) < 4.78 is 5.44. The smallest absolute Gasteiger partial charge is 0.0586 e. The largest absolute Gasteiger partial charge is 0.381 e. The van der Waals surface area contributed by atoms with Crippen LogP contribution in [-0.4, -0.2) is 31.2 Å². The van der Waals surface area contributed by atoms with Crippen molar-refractivity contribution in [2.24, 2.45) is 5.92 Å². The number of hydrogen-bond acceptors (Lipinski definition) is 2. The third-order valence-corrected chi connectivity index (χ3v) is 3.75. The maximum absolute atomic E-state index is 6.01. The standard InChI is InChI=1S/C13H26ClNO/c1-10(2)7-12(9-14)15-11-5-4-6-13(8-11)16-3/h10-13,15H,4-9H2,1-3H3. The Morgan fingerprint density at radius 2 is 2.12 bits per heavy atom. The van der Waals surface area contributed by atoms with Gasteiger partial charge in [0, 0.05) is 25.1 Å². The molecular formula is C13H26ClNO. The average molecular weight is 248 g/mol. The van der Waals surface area contributed by atoms with Crippen LogP contribution in [0.15, 0.2) is 0 Å². The highest BCUT2D eigenvalue weighted by Crippen LogP contribution is 2.21. The summed E-state index contributed by atoms with van der Waals surface area (Å²) in [6.45, 7) is 4.50. The Morgan fingerprint density at radius 1 is 1.38 bits per heavy atom. The minimum Gasteiger partial charge on any atom is -0.381 e. The molecule has 3 unspecified atom stereocenters. The lowest BCUT2D eigenvalue weighted by atomic mass is 9.91. The van der Waals surface area contributed by atoms with Crippen molar-refractivity contribution in [2.75, 3.05) is 13.0 Å². The molecule has 1 saturated carbocycles. The van der Waals surface area contributed by atoms with Crippen LogP contribution in [0.4, 0.5) is 0 Å². The van der Waals surface area contributed by atoms with Crippen molar-refractivity contribution in [1.29, 1.82) is 0 Å². The van der Waals surface area contributed by atoms with E-state index in [2.05, 4.69) is 19.2 Å². The second kappa shape index (κ2) is 7.52. The van der Waals surface area contributed by atoms with Crippen molar-refractivity contribution < 1.29 is 4.74 Å². The molecule has 1 aliphatic carbocycles. The molecule has 2 nitrogen and oxygen atoms in total. The van der Waals surface area contributed by atoms with Gasteiger partial charge in [-0.2, -0.15) is 0 Å². The van der Waals surface area contributed by atoms with Crippen LogP contribution in [0.3, 0.4) is 0 Å². The molecule has 1 rings (SSSR count). The van der Waals surface area contributed by atoms with Gasteiger partial charge in [-0.15, -0.1) is 11.6 Å². The number of ether oxygens (including phenoxy) is 1. The van der Waals surface area contributed by atoms with Crippen LogP contribution in [0.25, 0.3) is 0 Å². The van der Waals surface area contributed by atoms with Gasteiger partial charge in [0.25, 0.3) is 0 Å². The monoisotopic (exact) mass is 247 g/mol. The van der Waals surface area contributed by atoms with E-state index in [1.165, 1.54) is 19.3 Å². The van der Waals surface area contributed by atoms with Crippen LogP contribution >= 0.6 is 11.6 Å². The zero-order valence-electron chi connectivity index (χ0n) is 10.8. The molecule has 1 aliphatic rings. The van der Waals surface area contributed by atoms with Crippen LogP contribution in [0.2, 0.25) is 0 Å². The van der Waals surface area contributed by atoms with E-state index >= 15 is 0 Å². The van der Waals surface area contributed by atoms with E-state index in [9.17, 15) is 0 Å². The maximum Gasteiger partial charge on any atom is 0.0586 e. The zero-order valence-corrected chi connectivity index (χ0v) is 11.6. The summed E-state index contributed by atoms with van der Waals surface area (Å²) in [4.78, 5) is 0. The Morgan fingerprint density at radius 3 is 2.69 bits per heavy atom. The van der Waals surface area contributed by atoms with Gasteiger partial charge >= 0.3 is 0 Å². The predicted octanol–water partition coefficient (Wildman–Crippen LogP) is 3.19. The fourth-order valence-electron chi connectivity index (χ4n) is 2.59. The molecule has 0 aromatic carbocycles. The van der Waals surface area contributed by atoms with Crippen molar-refractivity contribution >= 4 is 11.6 Å². The minimum atomic E-state index is 0.446. The van der Waals surface area contributed by atoms with Gasteiger partial charge in [0.2, 0.25) is 0 Å². The Hall–Kier alpha value is 0.210. The highest BCUT2D eigenvalue weighted by atomic mass is 35.5. The molecule has 16 heavy (non-hydrogen) atoms. The second-order valence-electron chi connectivity index (χ2n) is 5.37. The Kier molecular flexibility index (Phi) is 6.71. The van der Waals surface area contributed by atoms with E-state index < -0.39 is 0 Å². The molecule has 1 fully saturated rings.